The lowest BCUT2D eigenvalue weighted by molar-refractivity contribution is -0.140. The molecule has 0 spiro atoms. The first-order valence-electron chi connectivity index (χ1n) is 11.9. The Hall–Kier alpha value is -3.19. The third-order valence-electron chi connectivity index (χ3n) is 6.09. The molecule has 0 aliphatic carbocycles. The summed E-state index contributed by atoms with van der Waals surface area (Å²) in [7, 11) is 0. The number of ketones is 1. The van der Waals surface area contributed by atoms with Crippen molar-refractivity contribution in [2.75, 3.05) is 32.8 Å². The molecule has 1 aliphatic rings. The minimum absolute atomic E-state index is 0.106. The molecule has 1 amide bonds. The van der Waals surface area contributed by atoms with Gasteiger partial charge < -0.3 is 19.6 Å². The quantitative estimate of drug-likeness (QED) is 0.292. The van der Waals surface area contributed by atoms with E-state index >= 15 is 0 Å². The van der Waals surface area contributed by atoms with Crippen LogP contribution >= 0.6 is 0 Å². The Labute approximate surface area is 200 Å². The number of aliphatic hydroxyl groups is 1. The van der Waals surface area contributed by atoms with Gasteiger partial charge in [0, 0.05) is 17.7 Å². The van der Waals surface area contributed by atoms with Crippen molar-refractivity contribution in [1.29, 1.82) is 0 Å². The van der Waals surface area contributed by atoms with Crippen molar-refractivity contribution in [2.24, 2.45) is 0 Å². The van der Waals surface area contributed by atoms with E-state index < -0.39 is 23.5 Å². The Kier molecular flexibility index (Phi) is 8.82. The van der Waals surface area contributed by atoms with Gasteiger partial charge in [-0.2, -0.15) is 0 Å². The lowest BCUT2D eigenvalue weighted by Crippen LogP contribution is -2.33. The summed E-state index contributed by atoms with van der Waals surface area (Å²) in [4.78, 5) is 29.8. The first-order chi connectivity index (χ1) is 16.4. The van der Waals surface area contributed by atoms with Crippen LogP contribution in [0.4, 0.5) is 4.39 Å². The van der Waals surface area contributed by atoms with E-state index in [1.807, 2.05) is 6.92 Å². The highest BCUT2D eigenvalue weighted by Gasteiger charge is 2.46. The van der Waals surface area contributed by atoms with E-state index in [9.17, 15) is 19.1 Å². The standard InChI is InChI=1S/C27H33FN2O4/c1-4-17-34-20-12-9-11-19(18-20)25(31)23-24(21-13-7-8-14-22(21)28)30(27(33)26(23)32)16-10-15-29(5-2)6-3/h7-9,11-14,18,24,31H,4-6,10,15-17H2,1-3H3. The number of ether oxygens (including phenoxy) is 1. The zero-order chi connectivity index (χ0) is 24.7. The van der Waals surface area contributed by atoms with E-state index in [-0.39, 0.29) is 23.4 Å². The van der Waals surface area contributed by atoms with E-state index in [1.165, 1.54) is 11.0 Å². The molecule has 1 atom stereocenters. The molecule has 1 heterocycles. The highest BCUT2D eigenvalue weighted by Crippen LogP contribution is 2.40. The van der Waals surface area contributed by atoms with Crippen LogP contribution in [0.1, 0.15) is 50.8 Å². The van der Waals surface area contributed by atoms with Gasteiger partial charge >= 0.3 is 0 Å². The average Bonchev–Trinajstić information content (AvgIpc) is 3.10. The fourth-order valence-electron chi connectivity index (χ4n) is 4.24. The normalized spacial score (nSPS) is 17.6. The van der Waals surface area contributed by atoms with Crippen LogP contribution in [-0.4, -0.2) is 59.4 Å². The predicted molar refractivity (Wildman–Crippen MR) is 130 cm³/mol. The second-order valence-electron chi connectivity index (χ2n) is 8.27. The van der Waals surface area contributed by atoms with Crippen molar-refractivity contribution in [2.45, 2.75) is 39.7 Å². The molecule has 1 N–H and O–H groups in total. The summed E-state index contributed by atoms with van der Waals surface area (Å²) in [5.74, 6) is -1.86. The molecule has 7 heteroatoms. The first-order valence-corrected chi connectivity index (χ1v) is 11.9. The largest absolute Gasteiger partial charge is 0.507 e. The number of Topliss-reactive ketones (excluding diaryl/α,β-unsaturated/α-hetero) is 1. The summed E-state index contributed by atoms with van der Waals surface area (Å²) in [6.07, 6.45) is 1.45. The highest BCUT2D eigenvalue weighted by atomic mass is 19.1. The van der Waals surface area contributed by atoms with Crippen LogP contribution < -0.4 is 4.74 Å². The fraction of sp³-hybridized carbons (Fsp3) is 0.407. The van der Waals surface area contributed by atoms with Crippen molar-refractivity contribution in [3.05, 3.63) is 71.0 Å². The van der Waals surface area contributed by atoms with Gasteiger partial charge in [-0.15, -0.1) is 0 Å². The monoisotopic (exact) mass is 468 g/mol. The molecule has 0 bridgehead atoms. The third kappa shape index (κ3) is 5.47. The molecule has 1 fully saturated rings. The summed E-state index contributed by atoms with van der Waals surface area (Å²) in [6, 6.07) is 11.8. The molecular weight excluding hydrogens is 435 g/mol. The molecule has 1 saturated heterocycles. The van der Waals surface area contributed by atoms with Gasteiger partial charge in [-0.05, 0) is 50.7 Å². The Balaban J connectivity index is 2.03. The molecule has 2 aromatic carbocycles. The molecule has 2 aromatic rings. The van der Waals surface area contributed by atoms with Gasteiger partial charge in [0.1, 0.15) is 17.3 Å². The van der Waals surface area contributed by atoms with Gasteiger partial charge in [0.2, 0.25) is 0 Å². The van der Waals surface area contributed by atoms with Crippen molar-refractivity contribution in [3.8, 4) is 5.75 Å². The van der Waals surface area contributed by atoms with Gasteiger partial charge in [0.05, 0.1) is 18.2 Å². The Bertz CT molecular complexity index is 1050. The minimum atomic E-state index is -1.00. The number of likely N-dealkylation sites (tertiary alicyclic amines) is 1. The van der Waals surface area contributed by atoms with Crippen LogP contribution in [0, 0.1) is 5.82 Å². The van der Waals surface area contributed by atoms with Crippen molar-refractivity contribution < 1.29 is 23.8 Å². The first kappa shape index (κ1) is 25.4. The Morgan fingerprint density at radius 1 is 1.09 bits per heavy atom. The number of nitrogens with zero attached hydrogens (tertiary/aromatic N) is 2. The van der Waals surface area contributed by atoms with Crippen molar-refractivity contribution >= 4 is 17.4 Å². The topological polar surface area (TPSA) is 70.1 Å². The second kappa shape index (κ2) is 11.8. The van der Waals surface area contributed by atoms with E-state index in [4.69, 9.17) is 4.74 Å². The summed E-state index contributed by atoms with van der Waals surface area (Å²) in [6.45, 7) is 9.40. The molecule has 182 valence electrons. The molecule has 3 rings (SSSR count). The fourth-order valence-corrected chi connectivity index (χ4v) is 4.24. The number of rotatable bonds is 11. The second-order valence-corrected chi connectivity index (χ2v) is 8.27. The van der Waals surface area contributed by atoms with Crippen LogP contribution in [0.3, 0.4) is 0 Å². The number of carbonyl (C=O) groups excluding carboxylic acids is 2. The third-order valence-corrected chi connectivity index (χ3v) is 6.09. The zero-order valence-electron chi connectivity index (χ0n) is 20.1. The molecule has 34 heavy (non-hydrogen) atoms. The average molecular weight is 469 g/mol. The number of halogens is 1. The van der Waals surface area contributed by atoms with Crippen LogP contribution in [0.25, 0.3) is 5.76 Å². The van der Waals surface area contributed by atoms with Gasteiger partial charge in [0.15, 0.2) is 0 Å². The highest BCUT2D eigenvalue weighted by molar-refractivity contribution is 6.46. The molecule has 0 aromatic heterocycles. The Morgan fingerprint density at radius 2 is 1.82 bits per heavy atom. The number of aliphatic hydroxyl groups excluding tert-OH is 1. The number of amides is 1. The number of benzene rings is 2. The summed E-state index contributed by atoms with van der Waals surface area (Å²) in [5.41, 5.74) is 0.422. The maximum atomic E-state index is 14.9. The van der Waals surface area contributed by atoms with E-state index in [1.54, 1.807) is 42.5 Å². The van der Waals surface area contributed by atoms with Gasteiger partial charge in [-0.1, -0.05) is 51.1 Å². The van der Waals surface area contributed by atoms with Gasteiger partial charge in [-0.25, -0.2) is 4.39 Å². The predicted octanol–water partition coefficient (Wildman–Crippen LogP) is 4.77. The maximum absolute atomic E-state index is 14.9. The maximum Gasteiger partial charge on any atom is 0.295 e. The van der Waals surface area contributed by atoms with Crippen LogP contribution in [-0.2, 0) is 9.59 Å². The number of hydrogen-bond donors (Lipinski definition) is 1. The lowest BCUT2D eigenvalue weighted by atomic mass is 9.95. The summed E-state index contributed by atoms with van der Waals surface area (Å²) in [5, 5.41) is 11.2. The van der Waals surface area contributed by atoms with Crippen molar-refractivity contribution in [3.63, 3.8) is 0 Å². The van der Waals surface area contributed by atoms with Crippen LogP contribution in [0.15, 0.2) is 54.1 Å². The summed E-state index contributed by atoms with van der Waals surface area (Å²) < 4.78 is 20.5. The molecule has 1 unspecified atom stereocenters. The SMILES string of the molecule is CCCOc1cccc(C(O)=C2C(=O)C(=O)N(CCCN(CC)CC)C2c2ccccc2F)c1. The van der Waals surface area contributed by atoms with E-state index in [0.717, 1.165) is 26.1 Å². The van der Waals surface area contributed by atoms with E-state index in [0.29, 0.717) is 24.3 Å². The zero-order valence-corrected chi connectivity index (χ0v) is 20.1. The van der Waals surface area contributed by atoms with Crippen molar-refractivity contribution in [1.82, 2.24) is 9.80 Å². The number of carbonyl (C=O) groups is 2. The smallest absolute Gasteiger partial charge is 0.295 e. The number of hydrogen-bond acceptors (Lipinski definition) is 5. The van der Waals surface area contributed by atoms with Crippen LogP contribution in [0.5, 0.6) is 5.75 Å². The van der Waals surface area contributed by atoms with E-state index in [2.05, 4.69) is 18.7 Å². The molecule has 6 nitrogen and oxygen atoms in total. The lowest BCUT2D eigenvalue weighted by Gasteiger charge is -2.27. The van der Waals surface area contributed by atoms with Crippen LogP contribution in [0.2, 0.25) is 0 Å². The van der Waals surface area contributed by atoms with Gasteiger partial charge in [-0.3, -0.25) is 9.59 Å². The minimum Gasteiger partial charge on any atom is -0.507 e. The molecule has 0 saturated carbocycles. The Morgan fingerprint density at radius 3 is 2.50 bits per heavy atom. The summed E-state index contributed by atoms with van der Waals surface area (Å²) >= 11 is 0. The van der Waals surface area contributed by atoms with Gasteiger partial charge in [0.25, 0.3) is 11.7 Å². The molecule has 1 aliphatic heterocycles. The molecular formula is C27H33FN2O4. The molecule has 0 radical (unpaired) electrons.